The molecule has 1 nitrogen and oxygen atoms in total. The predicted molar refractivity (Wildman–Crippen MR) is 64.8 cm³/mol. The van der Waals surface area contributed by atoms with Gasteiger partial charge in [0.25, 0.3) is 0 Å². The summed E-state index contributed by atoms with van der Waals surface area (Å²) in [4.78, 5) is 3.35. The highest BCUT2D eigenvalue weighted by Gasteiger charge is 2.07. The second-order valence-corrected chi connectivity index (χ2v) is 4.82. The number of H-pyrrole nitrogens is 1. The second kappa shape index (κ2) is 3.43. The van der Waals surface area contributed by atoms with E-state index in [1.165, 1.54) is 26.6 Å². The van der Waals surface area contributed by atoms with Gasteiger partial charge in [0.1, 0.15) is 0 Å². The van der Waals surface area contributed by atoms with Crippen LogP contribution >= 0.6 is 15.9 Å². The predicted octanol–water partition coefficient (Wildman–Crippen LogP) is 4.36. The van der Waals surface area contributed by atoms with Crippen molar-refractivity contribution in [2.75, 3.05) is 0 Å². The minimum absolute atomic E-state index is 0.585. The number of rotatable bonds is 1. The van der Waals surface area contributed by atoms with Gasteiger partial charge < -0.3 is 4.98 Å². The smallest absolute Gasteiger partial charge is 0.0467 e. The molecule has 0 atom stereocenters. The third-order valence-electron chi connectivity index (χ3n) is 2.60. The van der Waals surface area contributed by atoms with Crippen LogP contribution < -0.4 is 0 Å². The summed E-state index contributed by atoms with van der Waals surface area (Å²) >= 11 is 3.60. The monoisotopic (exact) mass is 251 g/mol. The fourth-order valence-corrected chi connectivity index (χ4v) is 2.10. The average Bonchev–Trinajstić information content (AvgIpc) is 2.43. The number of halogens is 1. The average molecular weight is 252 g/mol. The quantitative estimate of drug-likeness (QED) is 0.776. The molecule has 1 aromatic heterocycles. The van der Waals surface area contributed by atoms with Gasteiger partial charge in [0, 0.05) is 21.1 Å². The molecular weight excluding hydrogens is 238 g/mol. The van der Waals surface area contributed by atoms with Crippen molar-refractivity contribution in [1.82, 2.24) is 4.98 Å². The SMILES string of the molecule is Cc1[nH]c2ccc(C(C)C)cc2c1Br. The maximum atomic E-state index is 3.60. The van der Waals surface area contributed by atoms with Gasteiger partial charge in [-0.15, -0.1) is 0 Å². The number of benzene rings is 1. The topological polar surface area (TPSA) is 15.8 Å². The van der Waals surface area contributed by atoms with Crippen LogP contribution in [-0.4, -0.2) is 4.98 Å². The minimum Gasteiger partial charge on any atom is -0.358 e. The van der Waals surface area contributed by atoms with Crippen molar-refractivity contribution in [3.8, 4) is 0 Å². The van der Waals surface area contributed by atoms with Gasteiger partial charge in [-0.25, -0.2) is 0 Å². The van der Waals surface area contributed by atoms with Crippen molar-refractivity contribution in [1.29, 1.82) is 0 Å². The number of nitrogens with one attached hydrogen (secondary N) is 1. The molecule has 0 aliphatic heterocycles. The summed E-state index contributed by atoms with van der Waals surface area (Å²) in [6.45, 7) is 6.52. The van der Waals surface area contributed by atoms with Gasteiger partial charge >= 0.3 is 0 Å². The zero-order valence-corrected chi connectivity index (χ0v) is 10.3. The number of aryl methyl sites for hydroxylation is 1. The Bertz CT molecular complexity index is 468. The van der Waals surface area contributed by atoms with Crippen LogP contribution in [0.3, 0.4) is 0 Å². The molecule has 0 radical (unpaired) electrons. The molecule has 1 N–H and O–H groups in total. The zero-order chi connectivity index (χ0) is 10.3. The Morgan fingerprint density at radius 1 is 1.29 bits per heavy atom. The lowest BCUT2D eigenvalue weighted by molar-refractivity contribution is 0.869. The van der Waals surface area contributed by atoms with Crippen LogP contribution in [0.2, 0.25) is 0 Å². The van der Waals surface area contributed by atoms with Gasteiger partial charge in [-0.3, -0.25) is 0 Å². The Labute approximate surface area is 92.6 Å². The van der Waals surface area contributed by atoms with E-state index in [0.717, 1.165) is 0 Å². The van der Waals surface area contributed by atoms with Crippen molar-refractivity contribution < 1.29 is 0 Å². The van der Waals surface area contributed by atoms with Gasteiger partial charge in [-0.05, 0) is 46.5 Å². The summed E-state index contributed by atoms with van der Waals surface area (Å²) in [6.07, 6.45) is 0. The molecule has 1 aromatic carbocycles. The van der Waals surface area contributed by atoms with Crippen LogP contribution in [0.25, 0.3) is 10.9 Å². The standard InChI is InChI=1S/C12H14BrN/c1-7(2)9-4-5-11-10(6-9)12(13)8(3)14-11/h4-7,14H,1-3H3. The Morgan fingerprint density at radius 2 is 2.00 bits per heavy atom. The van der Waals surface area contributed by atoms with Crippen molar-refractivity contribution in [2.24, 2.45) is 0 Å². The fourth-order valence-electron chi connectivity index (χ4n) is 1.67. The second-order valence-electron chi connectivity index (χ2n) is 4.02. The van der Waals surface area contributed by atoms with Crippen molar-refractivity contribution in [3.05, 3.63) is 33.9 Å². The molecule has 0 unspecified atom stereocenters. The molecule has 0 spiro atoms. The summed E-state index contributed by atoms with van der Waals surface area (Å²) in [5.41, 5.74) is 3.79. The largest absolute Gasteiger partial charge is 0.358 e. The lowest BCUT2D eigenvalue weighted by Gasteiger charge is -2.04. The first-order chi connectivity index (χ1) is 6.59. The van der Waals surface area contributed by atoms with Gasteiger partial charge in [0.05, 0.1) is 0 Å². The first-order valence-corrected chi connectivity index (χ1v) is 5.66. The first-order valence-electron chi connectivity index (χ1n) is 4.87. The molecule has 14 heavy (non-hydrogen) atoms. The van der Waals surface area contributed by atoms with E-state index in [2.05, 4.69) is 59.9 Å². The molecule has 2 rings (SSSR count). The minimum atomic E-state index is 0.585. The van der Waals surface area contributed by atoms with E-state index in [1.54, 1.807) is 0 Å². The highest BCUT2D eigenvalue weighted by atomic mass is 79.9. The molecule has 74 valence electrons. The van der Waals surface area contributed by atoms with E-state index >= 15 is 0 Å². The summed E-state index contributed by atoms with van der Waals surface area (Å²) < 4.78 is 1.19. The fraction of sp³-hybridized carbons (Fsp3) is 0.333. The third kappa shape index (κ3) is 1.48. The van der Waals surface area contributed by atoms with Crippen molar-refractivity contribution in [3.63, 3.8) is 0 Å². The first kappa shape index (κ1) is 9.78. The lowest BCUT2D eigenvalue weighted by atomic mass is 10.0. The van der Waals surface area contributed by atoms with Crippen LogP contribution in [0.4, 0.5) is 0 Å². The van der Waals surface area contributed by atoms with Crippen molar-refractivity contribution in [2.45, 2.75) is 26.7 Å². The zero-order valence-electron chi connectivity index (χ0n) is 8.69. The molecule has 0 aliphatic rings. The van der Waals surface area contributed by atoms with E-state index in [0.29, 0.717) is 5.92 Å². The van der Waals surface area contributed by atoms with E-state index in [1.807, 2.05) is 0 Å². The number of aromatic amines is 1. The molecule has 0 aliphatic carbocycles. The van der Waals surface area contributed by atoms with Gasteiger partial charge in [-0.2, -0.15) is 0 Å². The van der Waals surface area contributed by atoms with Crippen LogP contribution in [0.1, 0.15) is 31.0 Å². The van der Waals surface area contributed by atoms with E-state index in [9.17, 15) is 0 Å². The van der Waals surface area contributed by atoms with Gasteiger partial charge in [-0.1, -0.05) is 19.9 Å². The summed E-state index contributed by atoms with van der Waals surface area (Å²) in [5.74, 6) is 0.585. The number of hydrogen-bond donors (Lipinski definition) is 1. The van der Waals surface area contributed by atoms with Crippen molar-refractivity contribution >= 4 is 26.8 Å². The molecular formula is C12H14BrN. The van der Waals surface area contributed by atoms with Crippen LogP contribution in [-0.2, 0) is 0 Å². The highest BCUT2D eigenvalue weighted by Crippen LogP contribution is 2.29. The van der Waals surface area contributed by atoms with Crippen LogP contribution in [0.15, 0.2) is 22.7 Å². The molecule has 0 bridgehead atoms. The highest BCUT2D eigenvalue weighted by molar-refractivity contribution is 9.10. The lowest BCUT2D eigenvalue weighted by Crippen LogP contribution is -1.85. The third-order valence-corrected chi connectivity index (χ3v) is 3.62. The van der Waals surface area contributed by atoms with Crippen LogP contribution in [0.5, 0.6) is 0 Å². The maximum Gasteiger partial charge on any atom is 0.0467 e. The molecule has 0 fully saturated rings. The normalized spacial score (nSPS) is 11.5. The number of hydrogen-bond acceptors (Lipinski definition) is 0. The van der Waals surface area contributed by atoms with Crippen LogP contribution in [0, 0.1) is 6.92 Å². The van der Waals surface area contributed by atoms with E-state index in [-0.39, 0.29) is 0 Å². The van der Waals surface area contributed by atoms with E-state index in [4.69, 9.17) is 0 Å². The Hall–Kier alpha value is -0.760. The molecule has 2 heteroatoms. The Kier molecular flexibility index (Phi) is 2.40. The Morgan fingerprint density at radius 3 is 2.64 bits per heavy atom. The van der Waals surface area contributed by atoms with E-state index < -0.39 is 0 Å². The molecule has 2 aromatic rings. The van der Waals surface area contributed by atoms with Gasteiger partial charge in [0.2, 0.25) is 0 Å². The Balaban J connectivity index is 2.69. The number of fused-ring (bicyclic) bond motifs is 1. The summed E-state index contributed by atoms with van der Waals surface area (Å²) in [7, 11) is 0. The van der Waals surface area contributed by atoms with Gasteiger partial charge in [0.15, 0.2) is 0 Å². The number of aromatic nitrogens is 1. The molecule has 1 heterocycles. The molecule has 0 amide bonds. The maximum absolute atomic E-state index is 3.60. The summed E-state index contributed by atoms with van der Waals surface area (Å²) in [6, 6.07) is 6.60. The molecule has 0 saturated heterocycles. The molecule has 0 saturated carbocycles. The summed E-state index contributed by atoms with van der Waals surface area (Å²) in [5, 5.41) is 1.29.